The first-order chi connectivity index (χ1) is 40.6. The number of likely N-dealkylation sites (N-methyl/N-ethyl adjacent to an activating group) is 1. The van der Waals surface area contributed by atoms with Gasteiger partial charge in [0.2, 0.25) is 0 Å². The SMILES string of the molecule is CC/C=C\C/C=C\C/C=C\C/C=C\C/C=C\C/C=C\C/C=C\CCCCCCCCCCCCCC(=O)OC(COC(=O)CCCCC/C=C\C/C=C\C/C=C\C/C=C\C/C=C\C/C=C\C/C=C\CC)COC(OCC[N+](C)(C)C)C(=O)[O-]. The smallest absolute Gasteiger partial charge is 0.306 e. The standard InChI is InChI=1S/C74H117NO8/c1-6-8-10-12-14-16-18-20-22-24-26-28-30-32-33-34-35-36-37-38-39-41-43-45-47-49-51-53-55-57-59-61-63-65-72(77)83-70(69-82-74(73(78)79)80-67-66-75(3,4)5)68-81-71(76)64-62-60-58-56-54-52-50-48-46-44-42-40-31-29-27-25-23-21-19-17-15-13-11-9-7-2/h8-11,14-17,20-23,26-29,32-33,35-36,38-40,42,46,48,52,54,70,74H,6-7,12-13,18-19,24-25,30-31,34,37,41,43-45,47,49-51,53,55-69H2,1-5H3/b10-8-,11-9-,16-14-,17-15-,22-20-,23-21-,28-26-,29-27-,33-32-,36-35-,39-38-,42-40-,48-46-,54-52-. The van der Waals surface area contributed by atoms with Crippen LogP contribution in [0.4, 0.5) is 0 Å². The summed E-state index contributed by atoms with van der Waals surface area (Å²) in [6, 6.07) is 0. The van der Waals surface area contributed by atoms with E-state index < -0.39 is 30.3 Å². The van der Waals surface area contributed by atoms with Gasteiger partial charge in [-0.05, 0) is 128 Å². The van der Waals surface area contributed by atoms with Crippen molar-refractivity contribution >= 4 is 17.9 Å². The summed E-state index contributed by atoms with van der Waals surface area (Å²) in [5.41, 5.74) is 0. The second-order valence-electron chi connectivity index (χ2n) is 21.9. The molecule has 0 aliphatic heterocycles. The van der Waals surface area contributed by atoms with E-state index in [2.05, 4.69) is 184 Å². The predicted molar refractivity (Wildman–Crippen MR) is 351 cm³/mol. The Labute approximate surface area is 507 Å². The van der Waals surface area contributed by atoms with Crippen molar-refractivity contribution in [2.45, 2.75) is 232 Å². The zero-order valence-electron chi connectivity index (χ0n) is 53.0. The summed E-state index contributed by atoms with van der Waals surface area (Å²) in [6.45, 7) is 4.45. The molecule has 0 radical (unpaired) electrons. The number of carboxylic acid groups (broad SMARTS) is 1. The fourth-order valence-electron chi connectivity index (χ4n) is 8.08. The van der Waals surface area contributed by atoms with Gasteiger partial charge in [-0.3, -0.25) is 9.59 Å². The van der Waals surface area contributed by atoms with Crippen molar-refractivity contribution in [2.75, 3.05) is 47.5 Å². The van der Waals surface area contributed by atoms with Crippen LogP contribution in [0.25, 0.3) is 0 Å². The Balaban J connectivity index is 4.29. The minimum absolute atomic E-state index is 0.132. The lowest BCUT2D eigenvalue weighted by Crippen LogP contribution is -2.44. The lowest BCUT2D eigenvalue weighted by Gasteiger charge is -2.26. The van der Waals surface area contributed by atoms with Crippen molar-refractivity contribution in [1.82, 2.24) is 0 Å². The molecular formula is C74H117NO8. The summed E-state index contributed by atoms with van der Waals surface area (Å²) >= 11 is 0. The van der Waals surface area contributed by atoms with Crippen LogP contribution in [0.15, 0.2) is 170 Å². The Kier molecular flexibility index (Phi) is 58.6. The Morgan fingerprint density at radius 1 is 0.361 bits per heavy atom. The first kappa shape index (κ1) is 77.7. The molecule has 0 aliphatic carbocycles. The average molecular weight is 1150 g/mol. The quantitative estimate of drug-likeness (QED) is 0.0195. The van der Waals surface area contributed by atoms with Crippen LogP contribution < -0.4 is 5.11 Å². The van der Waals surface area contributed by atoms with Crippen molar-refractivity contribution < 1.29 is 42.9 Å². The summed E-state index contributed by atoms with van der Waals surface area (Å²) in [7, 11) is 5.90. The van der Waals surface area contributed by atoms with Gasteiger partial charge in [0.1, 0.15) is 13.2 Å². The van der Waals surface area contributed by atoms with E-state index in [0.29, 0.717) is 23.9 Å². The molecule has 0 aromatic carbocycles. The van der Waals surface area contributed by atoms with Gasteiger partial charge in [-0.15, -0.1) is 0 Å². The highest BCUT2D eigenvalue weighted by Crippen LogP contribution is 2.15. The lowest BCUT2D eigenvalue weighted by molar-refractivity contribution is -0.870. The van der Waals surface area contributed by atoms with Crippen molar-refractivity contribution in [3.63, 3.8) is 0 Å². The fourth-order valence-corrected chi connectivity index (χ4v) is 8.08. The topological polar surface area (TPSA) is 111 Å². The van der Waals surface area contributed by atoms with E-state index in [4.69, 9.17) is 18.9 Å². The summed E-state index contributed by atoms with van der Waals surface area (Å²) in [5, 5.41) is 11.8. The van der Waals surface area contributed by atoms with Gasteiger partial charge >= 0.3 is 11.9 Å². The maximum Gasteiger partial charge on any atom is 0.306 e. The van der Waals surface area contributed by atoms with Crippen LogP contribution in [-0.2, 0) is 33.3 Å². The molecule has 0 saturated carbocycles. The predicted octanol–water partition coefficient (Wildman–Crippen LogP) is 18.6. The number of esters is 2. The first-order valence-electron chi connectivity index (χ1n) is 32.3. The molecule has 2 atom stereocenters. The molecule has 0 N–H and O–H groups in total. The van der Waals surface area contributed by atoms with E-state index in [1.165, 1.54) is 44.9 Å². The average Bonchev–Trinajstić information content (AvgIpc) is 3.46. The number of aliphatic carboxylic acids is 1. The second-order valence-corrected chi connectivity index (χ2v) is 21.9. The van der Waals surface area contributed by atoms with Gasteiger partial charge in [-0.25, -0.2) is 0 Å². The molecule has 9 nitrogen and oxygen atoms in total. The minimum atomic E-state index is -1.64. The second kappa shape index (κ2) is 62.7. The Morgan fingerprint density at radius 2 is 0.651 bits per heavy atom. The monoisotopic (exact) mass is 1150 g/mol. The van der Waals surface area contributed by atoms with Crippen LogP contribution >= 0.6 is 0 Å². The number of hydrogen-bond acceptors (Lipinski definition) is 8. The summed E-state index contributed by atoms with van der Waals surface area (Å²) in [5.74, 6) is -2.35. The highest BCUT2D eigenvalue weighted by Gasteiger charge is 2.22. The van der Waals surface area contributed by atoms with Crippen LogP contribution in [0.5, 0.6) is 0 Å². The third-order valence-electron chi connectivity index (χ3n) is 13.0. The van der Waals surface area contributed by atoms with Crippen LogP contribution in [-0.4, -0.2) is 82.3 Å². The molecule has 0 amide bonds. The van der Waals surface area contributed by atoms with Crippen molar-refractivity contribution in [1.29, 1.82) is 0 Å². The molecule has 9 heteroatoms. The third kappa shape index (κ3) is 64.1. The number of carboxylic acids is 1. The van der Waals surface area contributed by atoms with Crippen molar-refractivity contribution in [3.05, 3.63) is 170 Å². The number of rotatable bonds is 57. The summed E-state index contributed by atoms with van der Waals surface area (Å²) < 4.78 is 22.7. The van der Waals surface area contributed by atoms with Gasteiger partial charge in [0.25, 0.3) is 0 Å². The zero-order valence-corrected chi connectivity index (χ0v) is 53.0. The molecule has 0 aliphatic rings. The highest BCUT2D eigenvalue weighted by atomic mass is 16.7. The van der Waals surface area contributed by atoms with Gasteiger partial charge in [0, 0.05) is 12.8 Å². The molecule has 0 bridgehead atoms. The number of nitrogens with zero attached hydrogens (tertiary/aromatic N) is 1. The first-order valence-corrected chi connectivity index (χ1v) is 32.3. The van der Waals surface area contributed by atoms with Crippen molar-refractivity contribution in [2.24, 2.45) is 0 Å². The van der Waals surface area contributed by atoms with E-state index in [0.717, 1.165) is 135 Å². The molecule has 0 spiro atoms. The largest absolute Gasteiger partial charge is 0.545 e. The minimum Gasteiger partial charge on any atom is -0.545 e. The van der Waals surface area contributed by atoms with Crippen LogP contribution in [0, 0.1) is 0 Å². The number of unbranched alkanes of at least 4 members (excludes halogenated alkanes) is 14. The maximum absolute atomic E-state index is 12.9. The van der Waals surface area contributed by atoms with Crippen molar-refractivity contribution in [3.8, 4) is 0 Å². The molecule has 83 heavy (non-hydrogen) atoms. The van der Waals surface area contributed by atoms with Gasteiger partial charge in [-0.2, -0.15) is 0 Å². The number of carbonyl (C=O) groups excluding carboxylic acids is 3. The number of quaternary nitrogens is 1. The summed E-state index contributed by atoms with van der Waals surface area (Å²) in [4.78, 5) is 37.4. The van der Waals surface area contributed by atoms with Crippen LogP contribution in [0.3, 0.4) is 0 Å². The molecule has 0 heterocycles. The Hall–Kier alpha value is -5.35. The molecule has 0 aromatic heterocycles. The lowest BCUT2D eigenvalue weighted by atomic mass is 10.0. The van der Waals surface area contributed by atoms with E-state index >= 15 is 0 Å². The van der Waals surface area contributed by atoms with Crippen LogP contribution in [0.2, 0.25) is 0 Å². The summed E-state index contributed by atoms with van der Waals surface area (Å²) in [6.07, 6.45) is 91.2. The number of hydrogen-bond donors (Lipinski definition) is 0. The number of allylic oxidation sites excluding steroid dienone is 28. The maximum atomic E-state index is 12.9. The molecule has 466 valence electrons. The van der Waals surface area contributed by atoms with Gasteiger partial charge in [0.15, 0.2) is 12.4 Å². The molecule has 0 aromatic rings. The molecule has 0 saturated heterocycles. The van der Waals surface area contributed by atoms with E-state index in [9.17, 15) is 19.5 Å². The number of ether oxygens (including phenoxy) is 4. The van der Waals surface area contributed by atoms with Gasteiger partial charge in [-0.1, -0.05) is 248 Å². The highest BCUT2D eigenvalue weighted by molar-refractivity contribution is 5.70. The van der Waals surface area contributed by atoms with E-state index in [1.807, 2.05) is 21.1 Å². The molecule has 0 rings (SSSR count). The van der Waals surface area contributed by atoms with E-state index in [1.54, 1.807) is 0 Å². The van der Waals surface area contributed by atoms with Gasteiger partial charge < -0.3 is 33.3 Å². The normalized spacial score (nSPS) is 13.9. The number of carbonyl (C=O) groups is 3. The van der Waals surface area contributed by atoms with Crippen LogP contribution in [0.1, 0.15) is 219 Å². The van der Waals surface area contributed by atoms with Gasteiger partial charge in [0.05, 0.1) is 40.3 Å². The molecule has 0 fully saturated rings. The zero-order chi connectivity index (χ0) is 60.5. The Morgan fingerprint density at radius 3 is 0.976 bits per heavy atom. The van der Waals surface area contributed by atoms with E-state index in [-0.39, 0.29) is 32.7 Å². The Bertz CT molecular complexity index is 1960. The fraction of sp³-hybridized carbons (Fsp3) is 0.581. The third-order valence-corrected chi connectivity index (χ3v) is 13.0. The molecule has 2 unspecified atom stereocenters. The molecular weight excluding hydrogens is 1030 g/mol.